The summed E-state index contributed by atoms with van der Waals surface area (Å²) in [5.74, 6) is 1.48. The summed E-state index contributed by atoms with van der Waals surface area (Å²) in [4.78, 5) is 6.79. The lowest BCUT2D eigenvalue weighted by Crippen LogP contribution is -2.47. The smallest absolute Gasteiger partial charge is 0.127 e. The Hall–Kier alpha value is -1.83. The maximum absolute atomic E-state index is 10.5. The molecule has 1 fully saturated rings. The van der Waals surface area contributed by atoms with Crippen molar-refractivity contribution in [2.24, 2.45) is 0 Å². The molecule has 0 amide bonds. The number of aliphatic hydroxyl groups is 1. The van der Waals surface area contributed by atoms with Crippen LogP contribution in [0, 0.1) is 0 Å². The van der Waals surface area contributed by atoms with Crippen molar-refractivity contribution < 1.29 is 14.6 Å². The highest BCUT2D eigenvalue weighted by Gasteiger charge is 2.18. The second-order valence-electron chi connectivity index (χ2n) is 8.31. The Balaban J connectivity index is 1.59. The molecule has 7 heteroatoms. The highest BCUT2D eigenvalue weighted by Crippen LogP contribution is 2.27. The van der Waals surface area contributed by atoms with E-state index < -0.39 is 6.10 Å². The van der Waals surface area contributed by atoms with E-state index in [0.717, 1.165) is 60.4 Å². The van der Waals surface area contributed by atoms with Crippen molar-refractivity contribution in [2.45, 2.75) is 19.2 Å². The third kappa shape index (κ3) is 7.37. The third-order valence-electron chi connectivity index (χ3n) is 5.61. The fraction of sp³-hybridized carbons (Fsp3) is 0.500. The molecule has 1 atom stereocenters. The number of rotatable bonds is 10. The van der Waals surface area contributed by atoms with Crippen molar-refractivity contribution in [3.63, 3.8) is 0 Å². The molecule has 0 radical (unpaired) electrons. The van der Waals surface area contributed by atoms with E-state index in [4.69, 9.17) is 21.1 Å². The van der Waals surface area contributed by atoms with Gasteiger partial charge in [-0.25, -0.2) is 0 Å². The van der Waals surface area contributed by atoms with Gasteiger partial charge >= 0.3 is 0 Å². The lowest BCUT2D eigenvalue weighted by atomic mass is 10.1. The summed E-state index contributed by atoms with van der Waals surface area (Å²) in [6, 6.07) is 13.7. The van der Waals surface area contributed by atoms with Gasteiger partial charge in [-0.1, -0.05) is 35.9 Å². The van der Waals surface area contributed by atoms with Crippen LogP contribution in [-0.2, 0) is 13.1 Å². The van der Waals surface area contributed by atoms with Crippen LogP contribution in [0.15, 0.2) is 42.5 Å². The van der Waals surface area contributed by atoms with Gasteiger partial charge in [-0.05, 0) is 31.8 Å². The summed E-state index contributed by atoms with van der Waals surface area (Å²) in [5.41, 5.74) is 2.13. The molecule has 1 aliphatic rings. The number of benzene rings is 2. The number of nitrogens with zero attached hydrogens (tertiary/aromatic N) is 3. The molecule has 1 N–H and O–H groups in total. The predicted molar refractivity (Wildman–Crippen MR) is 125 cm³/mol. The molecular formula is C24H34ClN3O3. The van der Waals surface area contributed by atoms with Crippen LogP contribution in [0.1, 0.15) is 11.1 Å². The molecule has 0 saturated carbocycles. The Morgan fingerprint density at radius 1 is 1.06 bits per heavy atom. The molecule has 2 aromatic rings. The fourth-order valence-electron chi connectivity index (χ4n) is 3.76. The zero-order valence-corrected chi connectivity index (χ0v) is 19.5. The van der Waals surface area contributed by atoms with Crippen LogP contribution in [-0.4, -0.2) is 86.4 Å². The Labute approximate surface area is 190 Å². The topological polar surface area (TPSA) is 48.4 Å². The van der Waals surface area contributed by atoms with Gasteiger partial charge in [-0.3, -0.25) is 9.80 Å². The van der Waals surface area contributed by atoms with E-state index >= 15 is 0 Å². The van der Waals surface area contributed by atoms with Crippen LogP contribution in [0.4, 0.5) is 0 Å². The van der Waals surface area contributed by atoms with E-state index in [1.807, 2.05) is 42.5 Å². The van der Waals surface area contributed by atoms with Crippen LogP contribution in [0.2, 0.25) is 5.02 Å². The zero-order valence-electron chi connectivity index (χ0n) is 18.8. The summed E-state index contributed by atoms with van der Waals surface area (Å²) in [6.07, 6.45) is -0.539. The van der Waals surface area contributed by atoms with Gasteiger partial charge in [0.05, 0.1) is 7.11 Å². The van der Waals surface area contributed by atoms with Gasteiger partial charge in [0.25, 0.3) is 0 Å². The number of ether oxygens (including phenoxy) is 2. The lowest BCUT2D eigenvalue weighted by molar-refractivity contribution is 0.0500. The standard InChI is InChI=1S/C24H34ClN3O3/c1-26-10-12-28(13-11-26)17-21(29)18-31-24-14-22(30-3)9-8-20(24)16-27(2)15-19-6-4-5-7-23(19)25/h4-9,14,21,29H,10-13,15-18H2,1-3H3/t21-/m1/s1. The molecule has 0 aliphatic carbocycles. The van der Waals surface area contributed by atoms with Crippen LogP contribution >= 0.6 is 11.6 Å². The third-order valence-corrected chi connectivity index (χ3v) is 5.98. The fourth-order valence-corrected chi connectivity index (χ4v) is 3.95. The minimum absolute atomic E-state index is 0.251. The molecule has 0 unspecified atom stereocenters. The van der Waals surface area contributed by atoms with Gasteiger partial charge in [0.1, 0.15) is 24.2 Å². The Kier molecular flexibility index (Phi) is 8.99. The Morgan fingerprint density at radius 3 is 2.48 bits per heavy atom. The van der Waals surface area contributed by atoms with Gasteiger partial charge in [-0.2, -0.15) is 0 Å². The first-order valence-corrected chi connectivity index (χ1v) is 11.1. The average Bonchev–Trinajstić information content (AvgIpc) is 2.76. The highest BCUT2D eigenvalue weighted by molar-refractivity contribution is 6.31. The maximum atomic E-state index is 10.5. The van der Waals surface area contributed by atoms with Crippen LogP contribution < -0.4 is 9.47 Å². The molecule has 1 aliphatic heterocycles. The molecule has 3 rings (SSSR count). The minimum Gasteiger partial charge on any atom is -0.497 e. The Morgan fingerprint density at radius 2 is 1.77 bits per heavy atom. The van der Waals surface area contributed by atoms with Gasteiger partial charge in [0.2, 0.25) is 0 Å². The van der Waals surface area contributed by atoms with Crippen LogP contribution in [0.5, 0.6) is 11.5 Å². The lowest BCUT2D eigenvalue weighted by Gasteiger charge is -2.33. The highest BCUT2D eigenvalue weighted by atomic mass is 35.5. The summed E-state index contributed by atoms with van der Waals surface area (Å²) < 4.78 is 11.4. The van der Waals surface area contributed by atoms with Crippen LogP contribution in [0.3, 0.4) is 0 Å². The van der Waals surface area contributed by atoms with Gasteiger partial charge in [-0.15, -0.1) is 0 Å². The number of β-amino-alcohol motifs (C(OH)–C–C–N with tert-alkyl or cyclic N) is 1. The van der Waals surface area contributed by atoms with Crippen LogP contribution in [0.25, 0.3) is 0 Å². The summed E-state index contributed by atoms with van der Waals surface area (Å²) >= 11 is 6.31. The molecular weight excluding hydrogens is 414 g/mol. The number of hydrogen-bond donors (Lipinski definition) is 1. The monoisotopic (exact) mass is 447 g/mol. The summed E-state index contributed by atoms with van der Waals surface area (Å²) in [6.45, 7) is 6.32. The first-order chi connectivity index (χ1) is 14.9. The van der Waals surface area contributed by atoms with E-state index in [-0.39, 0.29) is 6.61 Å². The summed E-state index contributed by atoms with van der Waals surface area (Å²) in [7, 11) is 5.83. The second kappa shape index (κ2) is 11.7. The quantitative estimate of drug-likeness (QED) is 0.604. The van der Waals surface area contributed by atoms with Crippen molar-refractivity contribution in [1.29, 1.82) is 0 Å². The zero-order chi connectivity index (χ0) is 22.2. The van der Waals surface area contributed by atoms with E-state index in [1.165, 1.54) is 0 Å². The van der Waals surface area contributed by atoms with Gasteiger partial charge in [0.15, 0.2) is 0 Å². The molecule has 1 saturated heterocycles. The normalized spacial score (nSPS) is 16.5. The maximum Gasteiger partial charge on any atom is 0.127 e. The molecule has 31 heavy (non-hydrogen) atoms. The number of aliphatic hydroxyl groups excluding tert-OH is 1. The largest absolute Gasteiger partial charge is 0.497 e. The first kappa shape index (κ1) is 23.8. The molecule has 6 nitrogen and oxygen atoms in total. The molecule has 0 spiro atoms. The van der Waals surface area contributed by atoms with E-state index in [1.54, 1.807) is 7.11 Å². The second-order valence-corrected chi connectivity index (χ2v) is 8.71. The molecule has 0 aromatic heterocycles. The minimum atomic E-state index is -0.539. The van der Waals surface area contributed by atoms with E-state index in [2.05, 4.69) is 28.8 Å². The summed E-state index contributed by atoms with van der Waals surface area (Å²) in [5, 5.41) is 11.3. The van der Waals surface area contributed by atoms with Crippen molar-refractivity contribution in [3.8, 4) is 11.5 Å². The number of methoxy groups -OCH3 is 1. The number of hydrogen-bond acceptors (Lipinski definition) is 6. The Bertz CT molecular complexity index is 827. The van der Waals surface area contributed by atoms with Gasteiger partial charge in [0, 0.05) is 62.5 Å². The van der Waals surface area contributed by atoms with Crippen molar-refractivity contribution in [2.75, 3.05) is 60.5 Å². The van der Waals surface area contributed by atoms with Crippen molar-refractivity contribution in [1.82, 2.24) is 14.7 Å². The first-order valence-electron chi connectivity index (χ1n) is 10.7. The average molecular weight is 448 g/mol. The SMILES string of the molecule is COc1ccc(CN(C)Cc2ccccc2Cl)c(OC[C@H](O)CN2CCN(C)CC2)c1. The molecule has 170 valence electrons. The number of likely N-dealkylation sites (N-methyl/N-ethyl adjacent to an activating group) is 1. The van der Waals surface area contributed by atoms with E-state index in [9.17, 15) is 5.11 Å². The predicted octanol–water partition coefficient (Wildman–Crippen LogP) is 2.97. The number of halogens is 1. The van der Waals surface area contributed by atoms with Crippen molar-refractivity contribution in [3.05, 3.63) is 58.6 Å². The van der Waals surface area contributed by atoms with Crippen molar-refractivity contribution >= 4 is 11.6 Å². The van der Waals surface area contributed by atoms with E-state index in [0.29, 0.717) is 13.1 Å². The van der Waals surface area contributed by atoms with Gasteiger partial charge < -0.3 is 19.5 Å². The number of piperazine rings is 1. The molecule has 1 heterocycles. The molecule has 2 aromatic carbocycles. The molecule has 0 bridgehead atoms.